The van der Waals surface area contributed by atoms with Crippen molar-refractivity contribution in [2.75, 3.05) is 33.7 Å². The maximum atomic E-state index is 3.29. The molecule has 1 atom stereocenters. The predicted octanol–water partition coefficient (Wildman–Crippen LogP) is 2.46. The van der Waals surface area contributed by atoms with E-state index < -0.39 is 0 Å². The van der Waals surface area contributed by atoms with Gasteiger partial charge in [0.15, 0.2) is 0 Å². The lowest BCUT2D eigenvalue weighted by Gasteiger charge is -2.27. The van der Waals surface area contributed by atoms with Crippen molar-refractivity contribution in [1.29, 1.82) is 0 Å². The van der Waals surface area contributed by atoms with Crippen molar-refractivity contribution in [1.82, 2.24) is 10.2 Å². The van der Waals surface area contributed by atoms with Gasteiger partial charge >= 0.3 is 0 Å². The van der Waals surface area contributed by atoms with Gasteiger partial charge < -0.3 is 10.2 Å². The molecule has 0 aromatic heterocycles. The van der Waals surface area contributed by atoms with Crippen molar-refractivity contribution < 1.29 is 0 Å². The predicted molar refractivity (Wildman–Crippen MR) is 69.2 cm³/mol. The lowest BCUT2D eigenvalue weighted by atomic mass is 9.95. The summed E-state index contributed by atoms with van der Waals surface area (Å²) in [6.07, 6.45) is 1.31. The molecule has 1 unspecified atom stereocenters. The molecule has 0 aliphatic heterocycles. The summed E-state index contributed by atoms with van der Waals surface area (Å²) in [5.74, 6) is 2.35. The summed E-state index contributed by atoms with van der Waals surface area (Å²) in [6.45, 7) is 12.8. The van der Waals surface area contributed by atoms with Crippen LogP contribution in [-0.2, 0) is 0 Å². The topological polar surface area (TPSA) is 15.3 Å². The fourth-order valence-corrected chi connectivity index (χ4v) is 1.74. The van der Waals surface area contributed by atoms with Crippen LogP contribution in [0.5, 0.6) is 0 Å². The van der Waals surface area contributed by atoms with E-state index in [1.54, 1.807) is 0 Å². The third-order valence-electron chi connectivity index (χ3n) is 3.04. The Balaban J connectivity index is 3.83. The molecule has 0 aliphatic rings. The van der Waals surface area contributed by atoms with E-state index in [4.69, 9.17) is 0 Å². The van der Waals surface area contributed by atoms with E-state index in [1.807, 2.05) is 7.05 Å². The van der Waals surface area contributed by atoms with Crippen LogP contribution in [0.3, 0.4) is 0 Å². The van der Waals surface area contributed by atoms with E-state index in [-0.39, 0.29) is 0 Å². The van der Waals surface area contributed by atoms with Crippen LogP contribution in [0.2, 0.25) is 0 Å². The fourth-order valence-electron chi connectivity index (χ4n) is 1.74. The lowest BCUT2D eigenvalue weighted by Crippen LogP contribution is -2.35. The fraction of sp³-hybridized carbons (Fsp3) is 1.00. The van der Waals surface area contributed by atoms with Gasteiger partial charge in [0, 0.05) is 6.54 Å². The molecule has 0 saturated carbocycles. The molecule has 15 heavy (non-hydrogen) atoms. The van der Waals surface area contributed by atoms with Gasteiger partial charge in [0.25, 0.3) is 0 Å². The lowest BCUT2D eigenvalue weighted by molar-refractivity contribution is 0.224. The first-order valence-electron chi connectivity index (χ1n) is 6.30. The first kappa shape index (κ1) is 14.9. The molecule has 0 spiro atoms. The molecule has 0 heterocycles. The largest absolute Gasteiger partial charge is 0.319 e. The van der Waals surface area contributed by atoms with Gasteiger partial charge in [-0.3, -0.25) is 0 Å². The van der Waals surface area contributed by atoms with Crippen molar-refractivity contribution in [3.63, 3.8) is 0 Å². The minimum absolute atomic E-state index is 0.763. The smallest absolute Gasteiger partial charge is 0.00212 e. The molecule has 0 bridgehead atoms. The Kier molecular flexibility index (Phi) is 8.07. The van der Waals surface area contributed by atoms with Crippen molar-refractivity contribution in [3.05, 3.63) is 0 Å². The highest BCUT2D eigenvalue weighted by atomic mass is 15.1. The molecule has 0 aliphatic carbocycles. The molecule has 2 nitrogen and oxygen atoms in total. The van der Waals surface area contributed by atoms with E-state index in [9.17, 15) is 0 Å². The molecule has 0 rings (SSSR count). The quantitative estimate of drug-likeness (QED) is 0.668. The second-order valence-corrected chi connectivity index (χ2v) is 5.51. The van der Waals surface area contributed by atoms with Crippen LogP contribution < -0.4 is 5.32 Å². The molecule has 92 valence electrons. The van der Waals surface area contributed by atoms with E-state index in [0.717, 1.165) is 24.3 Å². The van der Waals surface area contributed by atoms with Gasteiger partial charge in [0.2, 0.25) is 0 Å². The van der Waals surface area contributed by atoms with Gasteiger partial charge in [-0.2, -0.15) is 0 Å². The van der Waals surface area contributed by atoms with Gasteiger partial charge in [-0.05, 0) is 51.4 Å². The van der Waals surface area contributed by atoms with Gasteiger partial charge in [-0.15, -0.1) is 0 Å². The van der Waals surface area contributed by atoms with E-state index >= 15 is 0 Å². The first-order valence-corrected chi connectivity index (χ1v) is 6.30. The van der Waals surface area contributed by atoms with E-state index in [2.05, 4.69) is 45.0 Å². The van der Waals surface area contributed by atoms with E-state index in [0.29, 0.717) is 0 Å². The van der Waals surface area contributed by atoms with Crippen LogP contribution in [0.4, 0.5) is 0 Å². The Morgan fingerprint density at radius 1 is 1.13 bits per heavy atom. The Morgan fingerprint density at radius 2 is 1.73 bits per heavy atom. The maximum absolute atomic E-state index is 3.29. The monoisotopic (exact) mass is 214 g/mol. The van der Waals surface area contributed by atoms with Gasteiger partial charge in [-0.1, -0.05) is 27.7 Å². The summed E-state index contributed by atoms with van der Waals surface area (Å²) in [6, 6.07) is 0. The Hall–Kier alpha value is -0.0800. The zero-order valence-electron chi connectivity index (χ0n) is 11.5. The average Bonchev–Trinajstić information content (AvgIpc) is 2.14. The van der Waals surface area contributed by atoms with Crippen LogP contribution in [0.15, 0.2) is 0 Å². The molecule has 0 saturated heterocycles. The highest BCUT2D eigenvalue weighted by Gasteiger charge is 2.14. The van der Waals surface area contributed by atoms with Crippen LogP contribution in [0.25, 0.3) is 0 Å². The van der Waals surface area contributed by atoms with E-state index in [1.165, 1.54) is 19.5 Å². The Labute approximate surface area is 96.4 Å². The molecule has 0 aromatic carbocycles. The standard InChI is InChI=1S/C13H30N2/c1-11(2)7-8-15(6)10-13(9-14-5)12(3)4/h11-14H,7-10H2,1-6H3. The number of nitrogens with zero attached hydrogens (tertiary/aromatic N) is 1. The second-order valence-electron chi connectivity index (χ2n) is 5.51. The summed E-state index contributed by atoms with van der Waals surface area (Å²) in [4.78, 5) is 2.47. The normalized spacial score (nSPS) is 14.2. The number of rotatable bonds is 8. The summed E-state index contributed by atoms with van der Waals surface area (Å²) in [7, 11) is 4.29. The van der Waals surface area contributed by atoms with Crippen molar-refractivity contribution >= 4 is 0 Å². The molecular formula is C13H30N2. The Bertz CT molecular complexity index is 143. The second kappa shape index (κ2) is 8.12. The van der Waals surface area contributed by atoms with Crippen LogP contribution in [-0.4, -0.2) is 38.6 Å². The molecule has 0 fully saturated rings. The van der Waals surface area contributed by atoms with Gasteiger partial charge in [0.05, 0.1) is 0 Å². The zero-order valence-corrected chi connectivity index (χ0v) is 11.5. The summed E-state index contributed by atoms with van der Waals surface area (Å²) < 4.78 is 0. The molecule has 1 N–H and O–H groups in total. The minimum Gasteiger partial charge on any atom is -0.319 e. The third kappa shape index (κ3) is 7.80. The molecule has 0 radical (unpaired) electrons. The summed E-state index contributed by atoms with van der Waals surface area (Å²) >= 11 is 0. The van der Waals surface area contributed by atoms with Crippen LogP contribution in [0, 0.1) is 17.8 Å². The highest BCUT2D eigenvalue weighted by molar-refractivity contribution is 4.69. The average molecular weight is 214 g/mol. The number of hydrogen-bond donors (Lipinski definition) is 1. The van der Waals surface area contributed by atoms with Crippen molar-refractivity contribution in [2.24, 2.45) is 17.8 Å². The molecule has 2 heteroatoms. The minimum atomic E-state index is 0.763. The maximum Gasteiger partial charge on any atom is 0.00212 e. The van der Waals surface area contributed by atoms with Gasteiger partial charge in [0.1, 0.15) is 0 Å². The first-order chi connectivity index (χ1) is 6.97. The summed E-state index contributed by atoms with van der Waals surface area (Å²) in [5.41, 5.74) is 0. The highest BCUT2D eigenvalue weighted by Crippen LogP contribution is 2.12. The van der Waals surface area contributed by atoms with Crippen LogP contribution in [0.1, 0.15) is 34.1 Å². The van der Waals surface area contributed by atoms with Crippen molar-refractivity contribution in [2.45, 2.75) is 34.1 Å². The third-order valence-corrected chi connectivity index (χ3v) is 3.04. The zero-order chi connectivity index (χ0) is 11.8. The van der Waals surface area contributed by atoms with Gasteiger partial charge in [-0.25, -0.2) is 0 Å². The number of hydrogen-bond acceptors (Lipinski definition) is 2. The van der Waals surface area contributed by atoms with Crippen LogP contribution >= 0.6 is 0 Å². The molecule has 0 amide bonds. The van der Waals surface area contributed by atoms with Crippen molar-refractivity contribution in [3.8, 4) is 0 Å². The SMILES string of the molecule is CNCC(CN(C)CCC(C)C)C(C)C. The Morgan fingerprint density at radius 3 is 2.13 bits per heavy atom. The number of nitrogens with one attached hydrogen (secondary N) is 1. The molecular weight excluding hydrogens is 184 g/mol. The summed E-state index contributed by atoms with van der Waals surface area (Å²) in [5, 5.41) is 3.29. The molecule has 0 aromatic rings.